The van der Waals surface area contributed by atoms with Crippen molar-refractivity contribution in [2.75, 3.05) is 21.6 Å². The number of hydrogen-bond acceptors (Lipinski definition) is 5. The predicted molar refractivity (Wildman–Crippen MR) is 180 cm³/mol. The molecule has 5 aromatic carbocycles. The van der Waals surface area contributed by atoms with Crippen molar-refractivity contribution in [1.29, 1.82) is 0 Å². The van der Waals surface area contributed by atoms with Crippen LogP contribution >= 0.6 is 23.2 Å². The van der Waals surface area contributed by atoms with Crippen molar-refractivity contribution < 1.29 is 17.9 Å². The third-order valence-corrected chi connectivity index (χ3v) is 9.90. The summed E-state index contributed by atoms with van der Waals surface area (Å²) in [5.74, 6) is 0.227. The van der Waals surface area contributed by atoms with Crippen molar-refractivity contribution in [2.24, 2.45) is 0 Å². The number of nitrogens with zero attached hydrogens (tertiary/aromatic N) is 2. The number of amides is 1. The molecule has 1 amide bonds. The number of anilines is 3. The lowest BCUT2D eigenvalue weighted by Crippen LogP contribution is -2.49. The van der Waals surface area contributed by atoms with Crippen LogP contribution in [0.2, 0.25) is 10.0 Å². The monoisotopic (exact) mass is 657 g/mol. The van der Waals surface area contributed by atoms with Crippen LogP contribution in [0.15, 0.2) is 120 Å². The molecule has 1 N–H and O–H groups in total. The number of nitrogens with one attached hydrogen (secondary N) is 1. The van der Waals surface area contributed by atoms with Crippen molar-refractivity contribution in [1.82, 2.24) is 0 Å². The minimum Gasteiger partial charge on any atom is -0.497 e. The lowest BCUT2D eigenvalue weighted by Gasteiger charge is -2.46. The van der Waals surface area contributed by atoms with Crippen molar-refractivity contribution in [2.45, 2.75) is 24.5 Å². The van der Waals surface area contributed by atoms with Gasteiger partial charge in [0.25, 0.3) is 15.9 Å². The Morgan fingerprint density at radius 1 is 0.844 bits per heavy atom. The van der Waals surface area contributed by atoms with Gasteiger partial charge in [0.05, 0.1) is 33.3 Å². The van der Waals surface area contributed by atoms with Crippen LogP contribution in [0.3, 0.4) is 0 Å². The summed E-state index contributed by atoms with van der Waals surface area (Å²) >= 11 is 13.4. The fourth-order valence-electron chi connectivity index (χ4n) is 5.43. The van der Waals surface area contributed by atoms with Gasteiger partial charge in [-0.2, -0.15) is 0 Å². The molecule has 0 saturated carbocycles. The number of rotatable bonds is 8. The Bertz CT molecular complexity index is 1970. The van der Waals surface area contributed by atoms with Gasteiger partial charge >= 0.3 is 0 Å². The second kappa shape index (κ2) is 12.5. The molecular weight excluding hydrogens is 629 g/mol. The fraction of sp³-hybridized carbons (Fsp3) is 0.114. The summed E-state index contributed by atoms with van der Waals surface area (Å²) in [6, 6.07) is 33.9. The van der Waals surface area contributed by atoms with E-state index in [4.69, 9.17) is 27.9 Å². The summed E-state index contributed by atoms with van der Waals surface area (Å²) in [5.41, 5.74) is 4.37. The molecule has 1 heterocycles. The Kier molecular flexibility index (Phi) is 8.46. The molecule has 0 bridgehead atoms. The maximum atomic E-state index is 14.6. The van der Waals surface area contributed by atoms with Crippen molar-refractivity contribution in [3.05, 3.63) is 148 Å². The molecule has 0 saturated heterocycles. The van der Waals surface area contributed by atoms with Gasteiger partial charge in [0.15, 0.2) is 0 Å². The minimum absolute atomic E-state index is 0.0382. The quantitative estimate of drug-likeness (QED) is 0.181. The Balaban J connectivity index is 1.54. The number of halogens is 2. The second-order valence-electron chi connectivity index (χ2n) is 10.7. The highest BCUT2D eigenvalue weighted by atomic mass is 35.5. The standard InChI is InChI=1S/C35H29Cl2N3O4S/c1-23-11-13-25(14-12-23)38-45(42,43)28-19-20-32-30(21-28)35(41)40(26-15-17-27(44-2)18-16-26)34(29-9-6-10-31(36)33(29)37)39(32)22-24-7-4-3-5-8-24/h3-21,34,38H,22H2,1-2H3/t34-/m0/s1. The van der Waals surface area contributed by atoms with E-state index in [-0.39, 0.29) is 10.5 Å². The number of methoxy groups -OCH3 is 1. The molecule has 1 atom stereocenters. The first-order valence-corrected chi connectivity index (χ1v) is 16.4. The summed E-state index contributed by atoms with van der Waals surface area (Å²) in [7, 11) is -2.45. The molecule has 0 aliphatic carbocycles. The number of ether oxygens (including phenoxy) is 1. The van der Waals surface area contributed by atoms with E-state index in [1.165, 1.54) is 12.1 Å². The molecule has 0 radical (unpaired) electrons. The van der Waals surface area contributed by atoms with Crippen LogP contribution in [0.4, 0.5) is 17.1 Å². The van der Waals surface area contributed by atoms with E-state index in [1.54, 1.807) is 66.6 Å². The molecule has 228 valence electrons. The van der Waals surface area contributed by atoms with Crippen LogP contribution in [0.1, 0.15) is 33.2 Å². The van der Waals surface area contributed by atoms with Crippen LogP contribution in [-0.4, -0.2) is 21.4 Å². The zero-order chi connectivity index (χ0) is 31.7. The zero-order valence-corrected chi connectivity index (χ0v) is 26.8. The molecule has 1 aliphatic rings. The normalized spacial score (nSPS) is 14.7. The van der Waals surface area contributed by atoms with E-state index >= 15 is 0 Å². The van der Waals surface area contributed by atoms with E-state index in [2.05, 4.69) is 4.72 Å². The van der Waals surface area contributed by atoms with Gasteiger partial charge in [-0.25, -0.2) is 8.42 Å². The number of aryl methyl sites for hydroxylation is 1. The molecule has 6 rings (SSSR count). The first-order chi connectivity index (χ1) is 21.7. The number of benzene rings is 5. The van der Waals surface area contributed by atoms with Crippen LogP contribution in [-0.2, 0) is 16.6 Å². The van der Waals surface area contributed by atoms with Gasteiger partial charge in [0.1, 0.15) is 11.9 Å². The average Bonchev–Trinajstić information content (AvgIpc) is 3.05. The molecule has 0 unspecified atom stereocenters. The highest BCUT2D eigenvalue weighted by molar-refractivity contribution is 7.92. The smallest absolute Gasteiger partial charge is 0.262 e. The van der Waals surface area contributed by atoms with Crippen LogP contribution in [0.25, 0.3) is 0 Å². The Hall–Kier alpha value is -4.50. The summed E-state index contributed by atoms with van der Waals surface area (Å²) in [5, 5.41) is 0.670. The Labute approximate surface area is 272 Å². The van der Waals surface area contributed by atoms with Gasteiger partial charge in [-0.3, -0.25) is 14.4 Å². The average molecular weight is 659 g/mol. The third-order valence-electron chi connectivity index (χ3n) is 7.69. The van der Waals surface area contributed by atoms with Gasteiger partial charge in [-0.15, -0.1) is 0 Å². The van der Waals surface area contributed by atoms with E-state index in [1.807, 2.05) is 60.4 Å². The first-order valence-electron chi connectivity index (χ1n) is 14.1. The molecule has 5 aromatic rings. The van der Waals surface area contributed by atoms with Crippen LogP contribution in [0, 0.1) is 6.92 Å². The lowest BCUT2D eigenvalue weighted by atomic mass is 9.99. The maximum Gasteiger partial charge on any atom is 0.262 e. The predicted octanol–water partition coefficient (Wildman–Crippen LogP) is 8.48. The van der Waals surface area contributed by atoms with E-state index in [0.717, 1.165) is 11.1 Å². The molecule has 10 heteroatoms. The highest BCUT2D eigenvalue weighted by Crippen LogP contribution is 2.46. The second-order valence-corrected chi connectivity index (χ2v) is 13.1. The Morgan fingerprint density at radius 2 is 1.56 bits per heavy atom. The molecule has 0 aromatic heterocycles. The third kappa shape index (κ3) is 6.09. The SMILES string of the molecule is COc1ccc(N2C(=O)c3cc(S(=O)(=O)Nc4ccc(C)cc4)ccc3N(Cc3ccccc3)[C@@H]2c2cccc(Cl)c2Cl)cc1. The van der Waals surface area contributed by atoms with Gasteiger partial charge in [0, 0.05) is 23.5 Å². The number of carbonyl (C=O) groups is 1. The van der Waals surface area contributed by atoms with Gasteiger partial charge in [-0.1, -0.05) is 83.4 Å². The molecule has 1 aliphatic heterocycles. The largest absolute Gasteiger partial charge is 0.497 e. The molecule has 7 nitrogen and oxygen atoms in total. The van der Waals surface area contributed by atoms with Gasteiger partial charge < -0.3 is 9.64 Å². The lowest BCUT2D eigenvalue weighted by molar-refractivity contribution is 0.0968. The molecular formula is C35H29Cl2N3O4S. The van der Waals surface area contributed by atoms with Crippen molar-refractivity contribution in [3.8, 4) is 5.75 Å². The first kappa shape index (κ1) is 30.5. The number of hydrogen-bond donors (Lipinski definition) is 1. The minimum atomic E-state index is -4.02. The van der Waals surface area contributed by atoms with Crippen molar-refractivity contribution >= 4 is 56.2 Å². The van der Waals surface area contributed by atoms with E-state index < -0.39 is 22.1 Å². The molecule has 0 fully saturated rings. The topological polar surface area (TPSA) is 78.9 Å². The summed E-state index contributed by atoms with van der Waals surface area (Å²) in [6.07, 6.45) is -0.724. The highest BCUT2D eigenvalue weighted by Gasteiger charge is 2.41. The Morgan fingerprint density at radius 3 is 2.24 bits per heavy atom. The molecule has 45 heavy (non-hydrogen) atoms. The number of carbonyl (C=O) groups excluding carboxylic acids is 1. The summed E-state index contributed by atoms with van der Waals surface area (Å²) < 4.78 is 35.1. The number of fused-ring (bicyclic) bond motifs is 1. The molecule has 0 spiro atoms. The van der Waals surface area contributed by atoms with Crippen LogP contribution < -0.4 is 19.3 Å². The van der Waals surface area contributed by atoms with Crippen molar-refractivity contribution in [3.63, 3.8) is 0 Å². The summed E-state index contributed by atoms with van der Waals surface area (Å²) in [6.45, 7) is 2.31. The zero-order valence-electron chi connectivity index (χ0n) is 24.4. The fourth-order valence-corrected chi connectivity index (χ4v) is 6.92. The maximum absolute atomic E-state index is 14.6. The van der Waals surface area contributed by atoms with Gasteiger partial charge in [-0.05, 0) is 73.2 Å². The van der Waals surface area contributed by atoms with Crippen LogP contribution in [0.5, 0.6) is 5.75 Å². The summed E-state index contributed by atoms with van der Waals surface area (Å²) in [4.78, 5) is 18.2. The van der Waals surface area contributed by atoms with E-state index in [0.29, 0.717) is 45.0 Å². The van der Waals surface area contributed by atoms with E-state index in [9.17, 15) is 13.2 Å². The van der Waals surface area contributed by atoms with Gasteiger partial charge in [0.2, 0.25) is 0 Å². The number of sulfonamides is 1.